The Morgan fingerprint density at radius 3 is 2.70 bits per heavy atom. The van der Waals surface area contributed by atoms with Gasteiger partial charge in [-0.3, -0.25) is 9.59 Å². The number of nitrogens with zero attached hydrogens (tertiary/aromatic N) is 2. The lowest BCUT2D eigenvalue weighted by Crippen LogP contribution is -2.35. The van der Waals surface area contributed by atoms with Crippen LogP contribution in [0.25, 0.3) is 0 Å². The minimum Gasteiger partial charge on any atom is -0.310 e. The zero-order chi connectivity index (χ0) is 19.0. The molecule has 27 heavy (non-hydrogen) atoms. The average molecular weight is 383 g/mol. The molecule has 1 aliphatic rings. The first kappa shape index (κ1) is 17.5. The zero-order valence-electron chi connectivity index (χ0n) is 14.4. The molecule has 3 aromatic rings. The van der Waals surface area contributed by atoms with Gasteiger partial charge in [0.2, 0.25) is 0 Å². The van der Waals surface area contributed by atoms with Crippen LogP contribution in [0.2, 0.25) is 5.02 Å². The molecule has 0 bridgehead atoms. The number of amides is 1. The number of fused-ring (bicyclic) bond motifs is 1. The van der Waals surface area contributed by atoms with Crippen molar-refractivity contribution < 1.29 is 9.18 Å². The molecule has 4 rings (SSSR count). The van der Waals surface area contributed by atoms with Crippen LogP contribution in [-0.2, 0) is 13.0 Å². The van der Waals surface area contributed by atoms with Gasteiger partial charge < -0.3 is 9.47 Å². The van der Waals surface area contributed by atoms with E-state index in [1.54, 1.807) is 17.0 Å². The normalized spacial score (nSPS) is 12.9. The summed E-state index contributed by atoms with van der Waals surface area (Å²) in [6.07, 6.45) is 2.29. The molecule has 0 unspecified atom stereocenters. The van der Waals surface area contributed by atoms with Gasteiger partial charge in [0.15, 0.2) is 0 Å². The Bertz CT molecular complexity index is 1070. The van der Waals surface area contributed by atoms with Crippen LogP contribution in [0.1, 0.15) is 21.5 Å². The Balaban J connectivity index is 1.69. The highest BCUT2D eigenvalue weighted by atomic mass is 35.5. The van der Waals surface area contributed by atoms with E-state index in [9.17, 15) is 14.0 Å². The van der Waals surface area contributed by atoms with Crippen molar-refractivity contribution in [1.82, 2.24) is 4.57 Å². The van der Waals surface area contributed by atoms with Gasteiger partial charge >= 0.3 is 0 Å². The van der Waals surface area contributed by atoms with Gasteiger partial charge in [-0.05, 0) is 42.3 Å². The van der Waals surface area contributed by atoms with E-state index in [4.69, 9.17) is 11.6 Å². The second kappa shape index (κ2) is 7.00. The molecule has 0 spiro atoms. The van der Waals surface area contributed by atoms with Gasteiger partial charge in [0.25, 0.3) is 11.5 Å². The highest BCUT2D eigenvalue weighted by Crippen LogP contribution is 2.28. The highest BCUT2D eigenvalue weighted by Gasteiger charge is 2.27. The fourth-order valence-electron chi connectivity index (χ4n) is 3.37. The number of para-hydroxylation sites is 1. The average Bonchev–Trinajstić information content (AvgIpc) is 3.10. The molecule has 0 saturated carbocycles. The third-order valence-corrected chi connectivity index (χ3v) is 5.13. The number of carbonyl (C=O) groups excluding carboxylic acids is 1. The summed E-state index contributed by atoms with van der Waals surface area (Å²) in [6.45, 7) is 0.494. The smallest absolute Gasteiger partial charge is 0.263 e. The Morgan fingerprint density at radius 1 is 1.07 bits per heavy atom. The van der Waals surface area contributed by atoms with Crippen molar-refractivity contribution in [2.24, 2.45) is 0 Å². The number of pyridine rings is 1. The van der Waals surface area contributed by atoms with E-state index < -0.39 is 11.4 Å². The number of carbonyl (C=O) groups is 1. The topological polar surface area (TPSA) is 42.3 Å². The number of hydrogen-bond donors (Lipinski definition) is 0. The van der Waals surface area contributed by atoms with Crippen LogP contribution in [0.5, 0.6) is 0 Å². The molecular formula is C21H16ClFN2O2. The molecule has 2 heterocycles. The van der Waals surface area contributed by atoms with Crippen LogP contribution >= 0.6 is 11.6 Å². The lowest BCUT2D eigenvalue weighted by Gasteiger charge is -2.18. The van der Waals surface area contributed by atoms with Crippen LogP contribution in [-0.4, -0.2) is 17.0 Å². The fraction of sp³-hybridized carbons (Fsp3) is 0.143. The summed E-state index contributed by atoms with van der Waals surface area (Å²) in [6, 6.07) is 15.1. The largest absolute Gasteiger partial charge is 0.310 e. The van der Waals surface area contributed by atoms with Crippen molar-refractivity contribution in [3.05, 3.63) is 98.7 Å². The SMILES string of the molecule is O=C(c1cccn(Cc2c(F)cccc2Cl)c1=O)N1CCc2ccccc21. The summed E-state index contributed by atoms with van der Waals surface area (Å²) in [4.78, 5) is 27.5. The van der Waals surface area contributed by atoms with Gasteiger partial charge in [-0.2, -0.15) is 0 Å². The lowest BCUT2D eigenvalue weighted by molar-refractivity contribution is 0.0987. The molecule has 0 N–H and O–H groups in total. The third-order valence-electron chi connectivity index (χ3n) is 4.77. The summed E-state index contributed by atoms with van der Waals surface area (Å²) in [5.41, 5.74) is 1.72. The number of halogens is 2. The van der Waals surface area contributed by atoms with E-state index in [1.165, 1.54) is 29.0 Å². The predicted octanol–water partition coefficient (Wildman–Crippen LogP) is 3.89. The number of rotatable bonds is 3. The fourth-order valence-corrected chi connectivity index (χ4v) is 3.60. The third kappa shape index (κ3) is 3.15. The summed E-state index contributed by atoms with van der Waals surface area (Å²) >= 11 is 6.06. The first-order chi connectivity index (χ1) is 13.1. The lowest BCUT2D eigenvalue weighted by atomic mass is 10.1. The summed E-state index contributed by atoms with van der Waals surface area (Å²) in [5, 5.41) is 0.243. The first-order valence-corrected chi connectivity index (χ1v) is 8.96. The van der Waals surface area contributed by atoms with E-state index >= 15 is 0 Å². The van der Waals surface area contributed by atoms with Crippen molar-refractivity contribution in [3.8, 4) is 0 Å². The van der Waals surface area contributed by atoms with Crippen molar-refractivity contribution in [3.63, 3.8) is 0 Å². The van der Waals surface area contributed by atoms with Crippen molar-refractivity contribution in [2.45, 2.75) is 13.0 Å². The van der Waals surface area contributed by atoms with Gasteiger partial charge in [-0.25, -0.2) is 4.39 Å². The quantitative estimate of drug-likeness (QED) is 0.689. The van der Waals surface area contributed by atoms with Crippen LogP contribution in [0.4, 0.5) is 10.1 Å². The van der Waals surface area contributed by atoms with Crippen LogP contribution in [0.3, 0.4) is 0 Å². The van der Waals surface area contributed by atoms with E-state index in [1.807, 2.05) is 24.3 Å². The van der Waals surface area contributed by atoms with Gasteiger partial charge in [0, 0.05) is 29.0 Å². The molecule has 0 aliphatic carbocycles. The van der Waals surface area contributed by atoms with E-state index in [0.717, 1.165) is 17.7 Å². The van der Waals surface area contributed by atoms with Crippen LogP contribution in [0.15, 0.2) is 65.6 Å². The molecule has 0 atom stereocenters. The molecule has 0 radical (unpaired) electrons. The molecule has 2 aromatic carbocycles. The van der Waals surface area contributed by atoms with Crippen LogP contribution in [0, 0.1) is 5.82 Å². The second-order valence-electron chi connectivity index (χ2n) is 6.39. The van der Waals surface area contributed by atoms with Crippen LogP contribution < -0.4 is 10.5 Å². The maximum atomic E-state index is 14.1. The number of benzene rings is 2. The molecule has 0 fully saturated rings. The second-order valence-corrected chi connectivity index (χ2v) is 6.80. The summed E-state index contributed by atoms with van der Waals surface area (Å²) < 4.78 is 15.4. The maximum absolute atomic E-state index is 14.1. The Kier molecular flexibility index (Phi) is 4.54. The molecule has 6 heteroatoms. The van der Waals surface area contributed by atoms with Gasteiger partial charge in [-0.15, -0.1) is 0 Å². The van der Waals surface area contributed by atoms with Crippen molar-refractivity contribution in [2.75, 3.05) is 11.4 Å². The minimum absolute atomic E-state index is 0.0396. The Morgan fingerprint density at radius 2 is 1.89 bits per heavy atom. The number of hydrogen-bond acceptors (Lipinski definition) is 2. The molecule has 136 valence electrons. The molecule has 1 amide bonds. The summed E-state index contributed by atoms with van der Waals surface area (Å²) in [5.74, 6) is -0.835. The minimum atomic E-state index is -0.486. The first-order valence-electron chi connectivity index (χ1n) is 8.58. The number of anilines is 1. The predicted molar refractivity (Wildman–Crippen MR) is 103 cm³/mol. The van der Waals surface area contributed by atoms with Gasteiger partial charge in [0.1, 0.15) is 11.4 Å². The van der Waals surface area contributed by atoms with E-state index in [2.05, 4.69) is 0 Å². The summed E-state index contributed by atoms with van der Waals surface area (Å²) in [7, 11) is 0. The highest BCUT2D eigenvalue weighted by molar-refractivity contribution is 6.31. The molecule has 1 aromatic heterocycles. The molecule has 4 nitrogen and oxygen atoms in total. The van der Waals surface area contributed by atoms with E-state index in [0.29, 0.717) is 6.54 Å². The number of aromatic nitrogens is 1. The van der Waals surface area contributed by atoms with E-state index in [-0.39, 0.29) is 28.6 Å². The Hall–Kier alpha value is -2.92. The molecule has 1 aliphatic heterocycles. The zero-order valence-corrected chi connectivity index (χ0v) is 15.1. The molecular weight excluding hydrogens is 367 g/mol. The van der Waals surface area contributed by atoms with Crippen molar-refractivity contribution >= 4 is 23.2 Å². The van der Waals surface area contributed by atoms with Gasteiger partial charge in [-0.1, -0.05) is 35.9 Å². The van der Waals surface area contributed by atoms with Gasteiger partial charge in [0.05, 0.1) is 6.54 Å². The Labute approximate surface area is 160 Å². The monoisotopic (exact) mass is 382 g/mol. The molecule has 0 saturated heterocycles. The van der Waals surface area contributed by atoms with Crippen molar-refractivity contribution in [1.29, 1.82) is 0 Å². The maximum Gasteiger partial charge on any atom is 0.263 e. The standard InChI is InChI=1S/C21H16ClFN2O2/c22-17-7-3-8-18(23)16(17)13-24-11-4-6-15(20(24)26)21(27)25-12-10-14-5-1-2-9-19(14)25/h1-9,11H,10,12-13H2.